The van der Waals surface area contributed by atoms with Gasteiger partial charge in [0.2, 0.25) is 11.9 Å². The van der Waals surface area contributed by atoms with Gasteiger partial charge in [0.1, 0.15) is 0 Å². The van der Waals surface area contributed by atoms with Crippen molar-refractivity contribution in [1.82, 2.24) is 19.9 Å². The minimum Gasteiger partial charge on any atom is -0.339 e. The molecule has 6 heteroatoms. The van der Waals surface area contributed by atoms with Crippen LogP contribution < -0.4 is 9.80 Å². The number of nitrogens with zero attached hydrogens (tertiary/aromatic N) is 6. The summed E-state index contributed by atoms with van der Waals surface area (Å²) in [6, 6.07) is 0.455. The van der Waals surface area contributed by atoms with Crippen LogP contribution >= 0.6 is 0 Å². The summed E-state index contributed by atoms with van der Waals surface area (Å²) in [6.45, 7) is 7.18. The summed E-state index contributed by atoms with van der Waals surface area (Å²) in [5.41, 5.74) is 2.29. The first-order chi connectivity index (χ1) is 11.7. The predicted octanol–water partition coefficient (Wildman–Crippen LogP) is 2.24. The smallest absolute Gasteiger partial charge is 0.225 e. The lowest BCUT2D eigenvalue weighted by Crippen LogP contribution is -2.49. The predicted molar refractivity (Wildman–Crippen MR) is 94.3 cm³/mol. The van der Waals surface area contributed by atoms with Crippen molar-refractivity contribution in [3.63, 3.8) is 0 Å². The summed E-state index contributed by atoms with van der Waals surface area (Å²) in [7, 11) is 0. The molecule has 2 fully saturated rings. The lowest BCUT2D eigenvalue weighted by molar-refractivity contribution is 0.386. The standard InChI is InChI=1S/C18H24N6/c1-3-14-10-21-18(22-11-14)24-7-5-15-4-6-23(12-16(15)24)17-19-8-13(2)9-20-17/h8-11,15-16H,3-7,12H2,1-2H3. The van der Waals surface area contributed by atoms with Crippen LogP contribution in [0.25, 0.3) is 0 Å². The van der Waals surface area contributed by atoms with Gasteiger partial charge in [0.15, 0.2) is 0 Å². The Morgan fingerprint density at radius 1 is 0.958 bits per heavy atom. The number of fused-ring (bicyclic) bond motifs is 1. The molecule has 0 amide bonds. The lowest BCUT2D eigenvalue weighted by atomic mass is 9.92. The van der Waals surface area contributed by atoms with Crippen LogP contribution in [-0.4, -0.2) is 45.6 Å². The van der Waals surface area contributed by atoms with E-state index in [2.05, 4.69) is 36.7 Å². The molecule has 0 aliphatic carbocycles. The first-order valence-electron chi connectivity index (χ1n) is 8.85. The van der Waals surface area contributed by atoms with Gasteiger partial charge in [-0.3, -0.25) is 0 Å². The van der Waals surface area contributed by atoms with Crippen molar-refractivity contribution in [2.24, 2.45) is 5.92 Å². The Labute approximate surface area is 143 Å². The molecule has 0 radical (unpaired) electrons. The Balaban J connectivity index is 1.53. The highest BCUT2D eigenvalue weighted by Gasteiger charge is 2.40. The van der Waals surface area contributed by atoms with E-state index >= 15 is 0 Å². The molecule has 0 saturated carbocycles. The van der Waals surface area contributed by atoms with Crippen LogP contribution in [0.1, 0.15) is 30.9 Å². The van der Waals surface area contributed by atoms with E-state index in [4.69, 9.17) is 0 Å². The van der Waals surface area contributed by atoms with Gasteiger partial charge in [0.25, 0.3) is 0 Å². The highest BCUT2D eigenvalue weighted by molar-refractivity contribution is 5.39. The number of rotatable bonds is 3. The van der Waals surface area contributed by atoms with Gasteiger partial charge in [0, 0.05) is 44.4 Å². The van der Waals surface area contributed by atoms with E-state index < -0.39 is 0 Å². The molecule has 2 saturated heterocycles. The third-order valence-electron chi connectivity index (χ3n) is 5.27. The van der Waals surface area contributed by atoms with Crippen molar-refractivity contribution in [2.45, 2.75) is 39.2 Å². The number of anilines is 2. The van der Waals surface area contributed by atoms with Gasteiger partial charge in [-0.25, -0.2) is 19.9 Å². The molecule has 24 heavy (non-hydrogen) atoms. The Morgan fingerprint density at radius 3 is 2.33 bits per heavy atom. The van der Waals surface area contributed by atoms with Crippen molar-refractivity contribution in [3.05, 3.63) is 35.9 Å². The fraction of sp³-hybridized carbons (Fsp3) is 0.556. The molecule has 6 nitrogen and oxygen atoms in total. The Kier molecular flexibility index (Phi) is 4.04. The minimum atomic E-state index is 0.455. The third kappa shape index (κ3) is 2.81. The van der Waals surface area contributed by atoms with Crippen molar-refractivity contribution < 1.29 is 0 Å². The van der Waals surface area contributed by atoms with Crippen LogP contribution in [0.2, 0.25) is 0 Å². The van der Waals surface area contributed by atoms with Crippen molar-refractivity contribution in [3.8, 4) is 0 Å². The van der Waals surface area contributed by atoms with Crippen LogP contribution in [0.4, 0.5) is 11.9 Å². The second-order valence-corrected chi connectivity index (χ2v) is 6.85. The maximum Gasteiger partial charge on any atom is 0.225 e. The average molecular weight is 324 g/mol. The zero-order valence-electron chi connectivity index (χ0n) is 14.4. The summed E-state index contributed by atoms with van der Waals surface area (Å²) in [4.78, 5) is 22.9. The Bertz CT molecular complexity index is 684. The Morgan fingerprint density at radius 2 is 1.62 bits per heavy atom. The molecule has 2 aromatic rings. The van der Waals surface area contributed by atoms with Gasteiger partial charge in [0.05, 0.1) is 6.04 Å². The van der Waals surface area contributed by atoms with Gasteiger partial charge >= 0.3 is 0 Å². The molecular formula is C18H24N6. The molecule has 0 bridgehead atoms. The number of hydrogen-bond donors (Lipinski definition) is 0. The molecule has 4 rings (SSSR count). The lowest BCUT2D eigenvalue weighted by Gasteiger charge is -2.38. The quantitative estimate of drug-likeness (QED) is 0.863. The van der Waals surface area contributed by atoms with Gasteiger partial charge in [-0.05, 0) is 43.2 Å². The van der Waals surface area contributed by atoms with Crippen LogP contribution in [-0.2, 0) is 6.42 Å². The van der Waals surface area contributed by atoms with Crippen molar-refractivity contribution in [2.75, 3.05) is 29.4 Å². The van der Waals surface area contributed by atoms with E-state index in [1.165, 1.54) is 18.4 Å². The SMILES string of the molecule is CCc1cnc(N2CCC3CCN(c4ncc(C)cn4)CC32)nc1. The number of hydrogen-bond acceptors (Lipinski definition) is 6. The van der Waals surface area contributed by atoms with E-state index in [0.717, 1.165) is 49.4 Å². The maximum absolute atomic E-state index is 4.60. The van der Waals surface area contributed by atoms with Gasteiger partial charge in [-0.15, -0.1) is 0 Å². The van der Waals surface area contributed by atoms with E-state index in [9.17, 15) is 0 Å². The van der Waals surface area contributed by atoms with Crippen molar-refractivity contribution >= 4 is 11.9 Å². The number of aryl methyl sites for hydroxylation is 2. The van der Waals surface area contributed by atoms with Crippen LogP contribution in [0.15, 0.2) is 24.8 Å². The highest BCUT2D eigenvalue weighted by Crippen LogP contribution is 2.34. The Hall–Kier alpha value is -2.24. The summed E-state index contributed by atoms with van der Waals surface area (Å²) in [6.07, 6.45) is 11.1. The zero-order valence-corrected chi connectivity index (χ0v) is 14.4. The summed E-state index contributed by atoms with van der Waals surface area (Å²) >= 11 is 0. The summed E-state index contributed by atoms with van der Waals surface area (Å²) < 4.78 is 0. The molecule has 0 spiro atoms. The molecule has 2 aliphatic heterocycles. The normalized spacial score (nSPS) is 23.4. The molecule has 126 valence electrons. The number of piperidine rings is 1. The van der Waals surface area contributed by atoms with Gasteiger partial charge < -0.3 is 9.80 Å². The fourth-order valence-electron chi connectivity index (χ4n) is 3.80. The van der Waals surface area contributed by atoms with E-state index in [1.54, 1.807) is 0 Å². The first-order valence-corrected chi connectivity index (χ1v) is 8.85. The summed E-state index contributed by atoms with van der Waals surface area (Å²) in [5.74, 6) is 2.43. The molecule has 0 aromatic carbocycles. The molecule has 2 unspecified atom stereocenters. The zero-order chi connectivity index (χ0) is 16.5. The molecule has 2 aromatic heterocycles. The summed E-state index contributed by atoms with van der Waals surface area (Å²) in [5, 5.41) is 0. The van der Waals surface area contributed by atoms with Gasteiger partial charge in [-0.2, -0.15) is 0 Å². The second kappa shape index (κ2) is 6.34. The van der Waals surface area contributed by atoms with Gasteiger partial charge in [-0.1, -0.05) is 6.92 Å². The van der Waals surface area contributed by atoms with E-state index in [1.807, 2.05) is 31.7 Å². The topological polar surface area (TPSA) is 58.0 Å². The first kappa shape index (κ1) is 15.3. The molecule has 2 atom stereocenters. The highest BCUT2D eigenvalue weighted by atomic mass is 15.3. The van der Waals surface area contributed by atoms with Crippen molar-refractivity contribution in [1.29, 1.82) is 0 Å². The molecule has 4 heterocycles. The molecule has 2 aliphatic rings. The fourth-order valence-corrected chi connectivity index (χ4v) is 3.80. The molecule has 0 N–H and O–H groups in total. The van der Waals surface area contributed by atoms with E-state index in [-0.39, 0.29) is 0 Å². The molecular weight excluding hydrogens is 300 g/mol. The van der Waals surface area contributed by atoms with E-state index in [0.29, 0.717) is 6.04 Å². The van der Waals surface area contributed by atoms with Crippen LogP contribution in [0.5, 0.6) is 0 Å². The minimum absolute atomic E-state index is 0.455. The van der Waals surface area contributed by atoms with Crippen LogP contribution in [0.3, 0.4) is 0 Å². The second-order valence-electron chi connectivity index (χ2n) is 6.85. The van der Waals surface area contributed by atoms with Crippen LogP contribution in [0, 0.1) is 12.8 Å². The monoisotopic (exact) mass is 324 g/mol. The number of aromatic nitrogens is 4. The largest absolute Gasteiger partial charge is 0.339 e. The third-order valence-corrected chi connectivity index (χ3v) is 5.27. The maximum atomic E-state index is 4.60. The average Bonchev–Trinajstić information content (AvgIpc) is 3.05.